The van der Waals surface area contributed by atoms with Crippen LogP contribution >= 0.6 is 30.1 Å². The lowest BCUT2D eigenvalue weighted by Gasteiger charge is -2.17. The maximum Gasteiger partial charge on any atom is 0.0244 e. The van der Waals surface area contributed by atoms with E-state index in [1.165, 1.54) is 18.6 Å². The smallest absolute Gasteiger partial charge is 0.0244 e. The summed E-state index contributed by atoms with van der Waals surface area (Å²) >= 11 is 2.39. The van der Waals surface area contributed by atoms with Crippen LogP contribution in [0.5, 0.6) is 0 Å². The third-order valence-electron chi connectivity index (χ3n) is 1.91. The molecule has 0 aromatic carbocycles. The summed E-state index contributed by atoms with van der Waals surface area (Å²) in [4.78, 5) is 0. The van der Waals surface area contributed by atoms with Crippen LogP contribution in [0.3, 0.4) is 0 Å². The van der Waals surface area contributed by atoms with Gasteiger partial charge in [0, 0.05) is 5.75 Å². The number of halogens is 1. The van der Waals surface area contributed by atoms with Crippen LogP contribution in [0.15, 0.2) is 11.6 Å². The summed E-state index contributed by atoms with van der Waals surface area (Å²) in [5.41, 5.74) is 2.05. The van der Waals surface area contributed by atoms with Gasteiger partial charge >= 0.3 is 0 Å². The van der Waals surface area contributed by atoms with Crippen LogP contribution in [0.4, 0.5) is 0 Å². The molecule has 0 aromatic rings. The van der Waals surface area contributed by atoms with Gasteiger partial charge in [0.25, 0.3) is 0 Å². The lowest BCUT2D eigenvalue weighted by Crippen LogP contribution is -2.04. The minimum atomic E-state index is 0.429. The fourth-order valence-electron chi connectivity index (χ4n) is 1.25. The van der Waals surface area contributed by atoms with Crippen molar-refractivity contribution in [3.8, 4) is 0 Å². The minimum absolute atomic E-state index is 0.429. The molecule has 0 fully saturated rings. The quantitative estimate of drug-likeness (QED) is 0.476. The van der Waals surface area contributed by atoms with Crippen molar-refractivity contribution >= 4 is 30.1 Å². The summed E-state index contributed by atoms with van der Waals surface area (Å²) in [5, 5.41) is 0. The molecule has 0 spiro atoms. The van der Waals surface area contributed by atoms with Gasteiger partial charge in [-0.15, -0.1) is 0 Å². The van der Waals surface area contributed by atoms with Crippen LogP contribution in [0, 0.1) is 11.3 Å². The Balaban J connectivity index is 4.18. The van der Waals surface area contributed by atoms with Crippen LogP contribution < -0.4 is 0 Å². The first-order chi connectivity index (χ1) is 6.35. The standard InChI is InChI=1S/C12H23IS/c1-10(2)8-11(9-14-13)6-7-12(3,4)5/h6,10H,7-9H2,1-5H3/b11-6-. The van der Waals surface area contributed by atoms with Gasteiger partial charge in [0.05, 0.1) is 0 Å². The Hall–Kier alpha value is 0.820. The Bertz CT molecular complexity index is 177. The fraction of sp³-hybridized carbons (Fsp3) is 0.833. The Labute approximate surface area is 106 Å². The largest absolute Gasteiger partial charge is 0.0849 e. The second-order valence-corrected chi connectivity index (χ2v) is 7.85. The zero-order valence-corrected chi connectivity index (χ0v) is 13.0. The van der Waals surface area contributed by atoms with Crippen LogP contribution in [-0.2, 0) is 0 Å². The van der Waals surface area contributed by atoms with Crippen molar-refractivity contribution in [1.29, 1.82) is 0 Å². The van der Waals surface area contributed by atoms with E-state index in [1.54, 1.807) is 5.57 Å². The highest BCUT2D eigenvalue weighted by molar-refractivity contribution is 14.2. The Morgan fingerprint density at radius 2 is 1.93 bits per heavy atom. The summed E-state index contributed by atoms with van der Waals surface area (Å²) in [6.07, 6.45) is 4.91. The molecule has 0 rings (SSSR count). The molecule has 84 valence electrons. The van der Waals surface area contributed by atoms with Gasteiger partial charge in [-0.1, -0.05) is 55.2 Å². The third kappa shape index (κ3) is 9.38. The summed E-state index contributed by atoms with van der Waals surface area (Å²) in [6, 6.07) is 0. The molecule has 0 aliphatic rings. The number of rotatable bonds is 5. The Kier molecular flexibility index (Phi) is 7.57. The highest BCUT2D eigenvalue weighted by atomic mass is 127. The van der Waals surface area contributed by atoms with Gasteiger partial charge in [0.2, 0.25) is 0 Å². The third-order valence-corrected chi connectivity index (χ3v) is 3.33. The minimum Gasteiger partial charge on any atom is -0.0849 e. The van der Waals surface area contributed by atoms with Crippen molar-refractivity contribution in [3.63, 3.8) is 0 Å². The van der Waals surface area contributed by atoms with E-state index < -0.39 is 0 Å². The molecule has 0 aromatic heterocycles. The van der Waals surface area contributed by atoms with E-state index in [9.17, 15) is 0 Å². The fourth-order valence-corrected chi connectivity index (χ4v) is 2.82. The molecule has 2 heteroatoms. The van der Waals surface area contributed by atoms with Crippen molar-refractivity contribution in [3.05, 3.63) is 11.6 Å². The maximum atomic E-state index is 2.45. The molecule has 0 saturated carbocycles. The van der Waals surface area contributed by atoms with Crippen molar-refractivity contribution < 1.29 is 0 Å². The molecule has 0 atom stereocenters. The van der Waals surface area contributed by atoms with E-state index in [0.29, 0.717) is 5.41 Å². The van der Waals surface area contributed by atoms with Gasteiger partial charge in [0.15, 0.2) is 0 Å². The highest BCUT2D eigenvalue weighted by Gasteiger charge is 2.09. The zero-order chi connectivity index (χ0) is 11.2. The van der Waals surface area contributed by atoms with Gasteiger partial charge in [-0.05, 0) is 45.4 Å². The van der Waals surface area contributed by atoms with Crippen LogP contribution in [-0.4, -0.2) is 5.75 Å². The van der Waals surface area contributed by atoms with Crippen molar-refractivity contribution in [1.82, 2.24) is 0 Å². The first-order valence-electron chi connectivity index (χ1n) is 5.26. The van der Waals surface area contributed by atoms with E-state index in [-0.39, 0.29) is 0 Å². The van der Waals surface area contributed by atoms with Crippen LogP contribution in [0.1, 0.15) is 47.5 Å². The second-order valence-electron chi connectivity index (χ2n) is 5.48. The molecule has 0 amide bonds. The molecule has 0 unspecified atom stereocenters. The van der Waals surface area contributed by atoms with Crippen LogP contribution in [0.2, 0.25) is 0 Å². The van der Waals surface area contributed by atoms with E-state index in [0.717, 1.165) is 5.92 Å². The molecule has 0 bridgehead atoms. The lowest BCUT2D eigenvalue weighted by atomic mass is 9.90. The van der Waals surface area contributed by atoms with Gasteiger partial charge < -0.3 is 0 Å². The maximum absolute atomic E-state index is 2.45. The summed E-state index contributed by atoms with van der Waals surface area (Å²) in [7, 11) is 1.90. The predicted octanol–water partition coefficient (Wildman–Crippen LogP) is 5.48. The molecular weight excluding hydrogens is 303 g/mol. The number of allylic oxidation sites excluding steroid dienone is 1. The number of hydrogen-bond acceptors (Lipinski definition) is 1. The van der Waals surface area contributed by atoms with Gasteiger partial charge in [-0.3, -0.25) is 0 Å². The zero-order valence-electron chi connectivity index (χ0n) is 10.1. The number of hydrogen-bond donors (Lipinski definition) is 0. The Morgan fingerprint density at radius 1 is 1.36 bits per heavy atom. The van der Waals surface area contributed by atoms with E-state index in [1.807, 2.05) is 8.93 Å². The predicted molar refractivity (Wildman–Crippen MR) is 78.1 cm³/mol. The van der Waals surface area contributed by atoms with Crippen LogP contribution in [0.25, 0.3) is 0 Å². The first-order valence-corrected chi connectivity index (χ1v) is 8.79. The van der Waals surface area contributed by atoms with Crippen molar-refractivity contribution in [2.24, 2.45) is 11.3 Å². The van der Waals surface area contributed by atoms with E-state index in [4.69, 9.17) is 0 Å². The van der Waals surface area contributed by atoms with Crippen molar-refractivity contribution in [2.75, 3.05) is 5.75 Å². The normalized spacial score (nSPS) is 13.8. The molecule has 0 N–H and O–H groups in total. The molecule has 0 aliphatic carbocycles. The second kappa shape index (κ2) is 7.15. The average Bonchev–Trinajstić information content (AvgIpc) is 1.98. The summed E-state index contributed by atoms with van der Waals surface area (Å²) in [5.74, 6) is 1.97. The lowest BCUT2D eigenvalue weighted by molar-refractivity contribution is 0.418. The topological polar surface area (TPSA) is 0 Å². The van der Waals surface area contributed by atoms with Gasteiger partial charge in [0.1, 0.15) is 0 Å². The van der Waals surface area contributed by atoms with Gasteiger partial charge in [-0.25, -0.2) is 0 Å². The summed E-state index contributed by atoms with van der Waals surface area (Å²) in [6.45, 7) is 11.5. The SMILES string of the molecule is CC(C)C/C(=C/CC(C)(C)C)CSI. The van der Waals surface area contributed by atoms with E-state index in [2.05, 4.69) is 61.9 Å². The van der Waals surface area contributed by atoms with Crippen molar-refractivity contribution in [2.45, 2.75) is 47.5 Å². The van der Waals surface area contributed by atoms with Gasteiger partial charge in [-0.2, -0.15) is 0 Å². The highest BCUT2D eigenvalue weighted by Crippen LogP contribution is 2.25. The average molecular weight is 326 g/mol. The molecule has 14 heavy (non-hydrogen) atoms. The Morgan fingerprint density at radius 3 is 2.29 bits per heavy atom. The molecular formula is C12H23IS. The monoisotopic (exact) mass is 326 g/mol. The van der Waals surface area contributed by atoms with E-state index >= 15 is 0 Å². The summed E-state index contributed by atoms with van der Waals surface area (Å²) < 4.78 is 0. The molecule has 0 nitrogen and oxygen atoms in total. The molecule has 0 saturated heterocycles. The molecule has 0 heterocycles. The first kappa shape index (κ1) is 14.8. The molecule has 0 aliphatic heterocycles. The molecule has 0 radical (unpaired) electrons.